The lowest BCUT2D eigenvalue weighted by atomic mass is 10.3. The second-order valence-corrected chi connectivity index (χ2v) is 4.50. The number of nitrogens with one attached hydrogen (secondary N) is 2. The summed E-state index contributed by atoms with van der Waals surface area (Å²) in [4.78, 5) is 0. The third kappa shape index (κ3) is 3.21. The lowest BCUT2D eigenvalue weighted by molar-refractivity contribution is -0.861. The summed E-state index contributed by atoms with van der Waals surface area (Å²) in [7, 11) is 6.04. The molecule has 1 aliphatic heterocycles. The fourth-order valence-electron chi connectivity index (χ4n) is 1.58. The SMILES string of the molecule is CNc1ccc(N=NC2NC=C[N+]2(C)C)cc1.[Cl-]. The normalized spacial score (nSPS) is 20.5. The van der Waals surface area contributed by atoms with Crippen molar-refractivity contribution < 1.29 is 16.9 Å². The summed E-state index contributed by atoms with van der Waals surface area (Å²) in [5.74, 6) is 0. The van der Waals surface area contributed by atoms with Crippen molar-refractivity contribution in [1.82, 2.24) is 5.32 Å². The van der Waals surface area contributed by atoms with Crippen LogP contribution in [0, 0.1) is 0 Å². The van der Waals surface area contributed by atoms with Gasteiger partial charge in [0, 0.05) is 12.7 Å². The summed E-state index contributed by atoms with van der Waals surface area (Å²) < 4.78 is 0.665. The Morgan fingerprint density at radius 2 is 1.89 bits per heavy atom. The van der Waals surface area contributed by atoms with E-state index in [0.29, 0.717) is 4.48 Å². The number of azo groups is 1. The Kier molecular flexibility index (Phi) is 4.69. The third-order valence-corrected chi connectivity index (χ3v) is 2.77. The lowest BCUT2D eigenvalue weighted by Gasteiger charge is -2.24. The second kappa shape index (κ2) is 5.84. The van der Waals surface area contributed by atoms with Gasteiger partial charge >= 0.3 is 0 Å². The Balaban J connectivity index is 0.00000162. The van der Waals surface area contributed by atoms with Crippen LogP contribution in [0.15, 0.2) is 46.9 Å². The number of nitrogens with zero attached hydrogens (tertiary/aromatic N) is 3. The van der Waals surface area contributed by atoms with E-state index in [0.717, 1.165) is 11.4 Å². The number of rotatable bonds is 3. The van der Waals surface area contributed by atoms with Gasteiger partial charge in [0.25, 0.3) is 6.29 Å². The molecule has 1 aliphatic rings. The number of hydrogen-bond acceptors (Lipinski definition) is 4. The molecule has 0 saturated carbocycles. The first kappa shape index (κ1) is 14.5. The molecule has 1 aromatic rings. The Morgan fingerprint density at radius 1 is 1.22 bits per heavy atom. The van der Waals surface area contributed by atoms with Crippen molar-refractivity contribution in [2.45, 2.75) is 6.29 Å². The Labute approximate surface area is 114 Å². The van der Waals surface area contributed by atoms with Gasteiger partial charge in [0.15, 0.2) is 0 Å². The van der Waals surface area contributed by atoms with Crippen molar-refractivity contribution in [3.63, 3.8) is 0 Å². The van der Waals surface area contributed by atoms with Gasteiger partial charge in [-0.1, -0.05) is 0 Å². The zero-order valence-corrected chi connectivity index (χ0v) is 11.5. The molecule has 0 aromatic heterocycles. The number of benzene rings is 1. The molecule has 18 heavy (non-hydrogen) atoms. The van der Waals surface area contributed by atoms with Crippen LogP contribution in [-0.2, 0) is 0 Å². The highest BCUT2D eigenvalue weighted by Gasteiger charge is 2.29. The van der Waals surface area contributed by atoms with Crippen LogP contribution in [0.4, 0.5) is 11.4 Å². The van der Waals surface area contributed by atoms with E-state index >= 15 is 0 Å². The van der Waals surface area contributed by atoms with Gasteiger partial charge < -0.3 is 23.0 Å². The lowest BCUT2D eigenvalue weighted by Crippen LogP contribution is -3.00. The fourth-order valence-corrected chi connectivity index (χ4v) is 1.58. The molecule has 0 aliphatic carbocycles. The van der Waals surface area contributed by atoms with Gasteiger partial charge in [0.2, 0.25) is 0 Å². The summed E-state index contributed by atoms with van der Waals surface area (Å²) in [6, 6.07) is 7.85. The molecule has 0 amide bonds. The quantitative estimate of drug-likeness (QED) is 0.559. The van der Waals surface area contributed by atoms with Crippen molar-refractivity contribution in [1.29, 1.82) is 0 Å². The zero-order valence-electron chi connectivity index (χ0n) is 10.8. The second-order valence-electron chi connectivity index (χ2n) is 4.50. The molecule has 0 fully saturated rings. The molecule has 1 aromatic carbocycles. The van der Waals surface area contributed by atoms with Crippen LogP contribution >= 0.6 is 0 Å². The predicted octanol–water partition coefficient (Wildman–Crippen LogP) is -0.750. The van der Waals surface area contributed by atoms with Gasteiger partial charge in [-0.25, -0.2) is 0 Å². The number of halogens is 1. The average molecular weight is 268 g/mol. The van der Waals surface area contributed by atoms with Gasteiger partial charge in [0.05, 0.1) is 26.0 Å². The molecule has 0 saturated heterocycles. The highest BCUT2D eigenvalue weighted by atomic mass is 35.5. The summed E-state index contributed by atoms with van der Waals surface area (Å²) in [6.45, 7) is 0. The topological polar surface area (TPSA) is 48.8 Å². The molecule has 1 heterocycles. The number of quaternary nitrogens is 1. The maximum atomic E-state index is 4.30. The number of hydrogen-bond donors (Lipinski definition) is 2. The molecule has 2 N–H and O–H groups in total. The summed E-state index contributed by atoms with van der Waals surface area (Å²) >= 11 is 0. The minimum absolute atomic E-state index is 0. The van der Waals surface area contributed by atoms with Crippen molar-refractivity contribution >= 4 is 11.4 Å². The molecular weight excluding hydrogens is 250 g/mol. The predicted molar refractivity (Wildman–Crippen MR) is 68.7 cm³/mol. The van der Waals surface area contributed by atoms with Gasteiger partial charge in [0.1, 0.15) is 6.20 Å². The molecule has 1 atom stereocenters. The molecule has 2 rings (SSSR count). The molecule has 0 spiro atoms. The van der Waals surface area contributed by atoms with Gasteiger partial charge in [-0.2, -0.15) is 0 Å². The largest absolute Gasteiger partial charge is 1.00 e. The van der Waals surface area contributed by atoms with Crippen LogP contribution in [0.25, 0.3) is 0 Å². The monoisotopic (exact) mass is 267 g/mol. The van der Waals surface area contributed by atoms with Crippen LogP contribution in [0.1, 0.15) is 0 Å². The first-order chi connectivity index (χ1) is 8.12. The van der Waals surface area contributed by atoms with E-state index in [1.54, 1.807) is 0 Å². The van der Waals surface area contributed by atoms with Gasteiger partial charge in [-0.3, -0.25) is 4.48 Å². The highest BCUT2D eigenvalue weighted by molar-refractivity contribution is 5.50. The van der Waals surface area contributed by atoms with Crippen LogP contribution in [0.3, 0.4) is 0 Å². The fraction of sp³-hybridized carbons (Fsp3) is 0.333. The van der Waals surface area contributed by atoms with E-state index in [1.165, 1.54) is 0 Å². The van der Waals surface area contributed by atoms with E-state index in [9.17, 15) is 0 Å². The van der Waals surface area contributed by atoms with Crippen LogP contribution in [0.2, 0.25) is 0 Å². The van der Waals surface area contributed by atoms with Crippen molar-refractivity contribution in [3.8, 4) is 0 Å². The van der Waals surface area contributed by atoms with E-state index in [1.807, 2.05) is 43.7 Å². The molecule has 5 nitrogen and oxygen atoms in total. The van der Waals surface area contributed by atoms with Gasteiger partial charge in [-0.05, 0) is 24.3 Å². The average Bonchev–Trinajstić information content (AvgIpc) is 2.66. The van der Waals surface area contributed by atoms with E-state index < -0.39 is 0 Å². The van der Waals surface area contributed by atoms with Crippen LogP contribution in [0.5, 0.6) is 0 Å². The summed E-state index contributed by atoms with van der Waals surface area (Å²) in [5, 5.41) is 14.8. The minimum atomic E-state index is -0.0426. The number of anilines is 1. The molecular formula is C12H18ClN5. The first-order valence-electron chi connectivity index (χ1n) is 5.57. The Hall–Kier alpha value is -1.59. The summed E-state index contributed by atoms with van der Waals surface area (Å²) in [6.07, 6.45) is 3.92. The summed E-state index contributed by atoms with van der Waals surface area (Å²) in [5.41, 5.74) is 1.93. The molecule has 0 bridgehead atoms. The van der Waals surface area contributed by atoms with Crippen LogP contribution < -0.4 is 23.0 Å². The Morgan fingerprint density at radius 3 is 2.39 bits per heavy atom. The van der Waals surface area contributed by atoms with Gasteiger partial charge in [-0.15, -0.1) is 10.2 Å². The zero-order chi connectivity index (χ0) is 12.3. The third-order valence-electron chi connectivity index (χ3n) is 2.77. The van der Waals surface area contributed by atoms with E-state index in [4.69, 9.17) is 0 Å². The van der Waals surface area contributed by atoms with Crippen molar-refractivity contribution in [2.75, 3.05) is 26.5 Å². The smallest absolute Gasteiger partial charge is 0.283 e. The van der Waals surface area contributed by atoms with Crippen molar-refractivity contribution in [3.05, 3.63) is 36.7 Å². The molecule has 6 heteroatoms. The maximum absolute atomic E-state index is 4.30. The molecule has 0 radical (unpaired) electrons. The Bertz CT molecular complexity index is 438. The van der Waals surface area contributed by atoms with E-state index in [2.05, 4.69) is 35.0 Å². The first-order valence-corrected chi connectivity index (χ1v) is 5.57. The molecule has 1 unspecified atom stereocenters. The van der Waals surface area contributed by atoms with Crippen LogP contribution in [-0.4, -0.2) is 31.9 Å². The highest BCUT2D eigenvalue weighted by Crippen LogP contribution is 2.19. The maximum Gasteiger partial charge on any atom is 0.283 e. The standard InChI is InChI=1S/C12H18N5.ClH/c1-13-10-4-6-11(7-5-10)15-16-12-14-8-9-17(12,2)3;/h4-9,12-14H,1-3H3;1H/q+1;/p-1. The molecule has 98 valence electrons. The van der Waals surface area contributed by atoms with Crippen molar-refractivity contribution in [2.24, 2.45) is 10.2 Å². The minimum Gasteiger partial charge on any atom is -1.00 e. The van der Waals surface area contributed by atoms with E-state index in [-0.39, 0.29) is 18.7 Å².